The van der Waals surface area contributed by atoms with Crippen LogP contribution >= 0.6 is 0 Å². The first-order valence-electron chi connectivity index (χ1n) is 12.7. The van der Waals surface area contributed by atoms with Crippen molar-refractivity contribution >= 4 is 0 Å². The fourth-order valence-corrected chi connectivity index (χ4v) is 3.86. The molecule has 1 aromatic heterocycles. The van der Waals surface area contributed by atoms with Gasteiger partial charge in [0.2, 0.25) is 6.29 Å². The Morgan fingerprint density at radius 2 is 1.17 bits per heavy atom. The third kappa shape index (κ3) is 11.8. The van der Waals surface area contributed by atoms with Crippen LogP contribution < -0.4 is 0 Å². The lowest BCUT2D eigenvalue weighted by Gasteiger charge is -2.28. The summed E-state index contributed by atoms with van der Waals surface area (Å²) in [5, 5.41) is 0. The summed E-state index contributed by atoms with van der Waals surface area (Å²) in [4.78, 5) is 9.20. The van der Waals surface area contributed by atoms with Crippen molar-refractivity contribution in [1.29, 1.82) is 0 Å². The molecule has 2 rings (SSSR count). The molecule has 0 amide bonds. The minimum Gasteiger partial charge on any atom is -0.382 e. The van der Waals surface area contributed by atoms with Crippen molar-refractivity contribution in [3.05, 3.63) is 23.8 Å². The first kappa shape index (κ1) is 30.9. The maximum atomic E-state index is 6.29. The van der Waals surface area contributed by atoms with Crippen molar-refractivity contribution in [2.45, 2.75) is 37.6 Å². The van der Waals surface area contributed by atoms with Crippen LogP contribution in [0.15, 0.2) is 12.3 Å². The predicted molar refractivity (Wildman–Crippen MR) is 131 cm³/mol. The van der Waals surface area contributed by atoms with Gasteiger partial charge < -0.3 is 42.6 Å². The van der Waals surface area contributed by atoms with Crippen molar-refractivity contribution in [2.75, 3.05) is 101 Å². The summed E-state index contributed by atoms with van der Waals surface area (Å²) >= 11 is 0. The van der Waals surface area contributed by atoms with Crippen LogP contribution in [0.3, 0.4) is 0 Å². The summed E-state index contributed by atoms with van der Waals surface area (Å²) < 4.78 is 49.2. The second-order valence-corrected chi connectivity index (χ2v) is 8.21. The van der Waals surface area contributed by atoms with Crippen molar-refractivity contribution in [3.63, 3.8) is 0 Å². The van der Waals surface area contributed by atoms with Crippen molar-refractivity contribution in [3.8, 4) is 0 Å². The number of rotatable bonds is 23. The van der Waals surface area contributed by atoms with Gasteiger partial charge in [0.05, 0.1) is 79.3 Å². The zero-order chi connectivity index (χ0) is 25.7. The van der Waals surface area contributed by atoms with Crippen molar-refractivity contribution < 1.29 is 42.6 Å². The Hall–Kier alpha value is -1.28. The second kappa shape index (κ2) is 19.8. The van der Waals surface area contributed by atoms with E-state index in [0.717, 1.165) is 25.7 Å². The molecule has 36 heavy (non-hydrogen) atoms. The number of ether oxygens (including phenoxy) is 9. The maximum absolute atomic E-state index is 6.29. The van der Waals surface area contributed by atoms with E-state index in [4.69, 9.17) is 47.6 Å². The van der Waals surface area contributed by atoms with Crippen LogP contribution in [0.5, 0.6) is 0 Å². The van der Waals surface area contributed by atoms with E-state index in [0.29, 0.717) is 90.8 Å². The van der Waals surface area contributed by atoms with Crippen LogP contribution in [0, 0.1) is 0 Å². The molecule has 0 bridgehead atoms. The van der Waals surface area contributed by atoms with Crippen LogP contribution in [0.4, 0.5) is 0 Å². The largest absolute Gasteiger partial charge is 0.382 e. The van der Waals surface area contributed by atoms with E-state index in [1.807, 2.05) is 0 Å². The fraction of sp³-hybridized carbons (Fsp3) is 0.840. The lowest BCUT2D eigenvalue weighted by Crippen LogP contribution is -2.31. The van der Waals surface area contributed by atoms with Gasteiger partial charge in [-0.05, 0) is 31.7 Å². The summed E-state index contributed by atoms with van der Waals surface area (Å²) in [6.45, 7) is 6.33. The monoisotopic (exact) mass is 516 g/mol. The molecule has 0 N–H and O–H groups in total. The van der Waals surface area contributed by atoms with Gasteiger partial charge in [0.1, 0.15) is 11.3 Å². The Labute approximate surface area is 215 Å². The average molecular weight is 517 g/mol. The van der Waals surface area contributed by atoms with Gasteiger partial charge in [-0.3, -0.25) is 0 Å². The van der Waals surface area contributed by atoms with Gasteiger partial charge in [-0.25, -0.2) is 9.97 Å². The minimum absolute atomic E-state index is 0.464. The van der Waals surface area contributed by atoms with Gasteiger partial charge in [0.15, 0.2) is 5.82 Å². The predicted octanol–water partition coefficient (Wildman–Crippen LogP) is 2.28. The highest BCUT2D eigenvalue weighted by atomic mass is 16.7. The van der Waals surface area contributed by atoms with Gasteiger partial charge in [-0.15, -0.1) is 0 Å². The van der Waals surface area contributed by atoms with Crippen molar-refractivity contribution in [1.82, 2.24) is 9.97 Å². The molecule has 0 atom stereocenters. The highest BCUT2D eigenvalue weighted by Gasteiger charge is 2.39. The van der Waals surface area contributed by atoms with E-state index in [1.165, 1.54) is 0 Å². The molecule has 208 valence electrons. The SMILES string of the molecule is COCCOCCOCCOCCOCCOCCOC1(c2nccc(C(OC)OC)n2)CCCC1. The first-order chi connectivity index (χ1) is 17.8. The summed E-state index contributed by atoms with van der Waals surface area (Å²) in [6.07, 6.45) is 5.14. The second-order valence-electron chi connectivity index (χ2n) is 8.21. The molecule has 0 aromatic carbocycles. The molecule has 11 heteroatoms. The third-order valence-electron chi connectivity index (χ3n) is 5.69. The average Bonchev–Trinajstić information content (AvgIpc) is 3.39. The molecule has 1 aliphatic carbocycles. The molecule has 0 unspecified atom stereocenters. The zero-order valence-electron chi connectivity index (χ0n) is 22.1. The van der Waals surface area contributed by atoms with Gasteiger partial charge >= 0.3 is 0 Å². The fourth-order valence-electron chi connectivity index (χ4n) is 3.86. The van der Waals surface area contributed by atoms with E-state index in [-0.39, 0.29) is 0 Å². The standard InChI is InChI=1S/C25H44N2O9/c1-28-10-11-31-12-13-32-14-15-33-16-17-34-18-19-35-20-21-36-25(7-4-5-8-25)24-26-9-6-22(27-24)23(29-2)30-3/h6,9,23H,4-5,7-8,10-21H2,1-3H3. The highest BCUT2D eigenvalue weighted by molar-refractivity contribution is 5.11. The third-order valence-corrected chi connectivity index (χ3v) is 5.69. The Kier molecular flexibility index (Phi) is 17.0. The Bertz CT molecular complexity index is 658. The molecule has 0 radical (unpaired) electrons. The van der Waals surface area contributed by atoms with Crippen LogP contribution in [-0.4, -0.2) is 111 Å². The molecular weight excluding hydrogens is 472 g/mol. The zero-order valence-corrected chi connectivity index (χ0v) is 22.1. The molecule has 1 saturated carbocycles. The van der Waals surface area contributed by atoms with Gasteiger partial charge in [0.25, 0.3) is 0 Å². The van der Waals surface area contributed by atoms with Crippen molar-refractivity contribution in [2.24, 2.45) is 0 Å². The van der Waals surface area contributed by atoms with E-state index in [9.17, 15) is 0 Å². The van der Waals surface area contributed by atoms with Crippen LogP contribution in [-0.2, 0) is 48.2 Å². The number of hydrogen-bond acceptors (Lipinski definition) is 11. The highest BCUT2D eigenvalue weighted by Crippen LogP contribution is 2.40. The molecule has 1 aromatic rings. The number of aromatic nitrogens is 2. The first-order valence-corrected chi connectivity index (χ1v) is 12.7. The number of methoxy groups -OCH3 is 3. The number of hydrogen-bond donors (Lipinski definition) is 0. The van der Waals surface area contributed by atoms with Crippen LogP contribution in [0.1, 0.15) is 43.5 Å². The normalized spacial score (nSPS) is 15.2. The van der Waals surface area contributed by atoms with Crippen LogP contribution in [0.2, 0.25) is 0 Å². The molecule has 0 aliphatic heterocycles. The molecule has 0 spiro atoms. The van der Waals surface area contributed by atoms with Gasteiger partial charge in [0, 0.05) is 27.5 Å². The van der Waals surface area contributed by atoms with E-state index < -0.39 is 11.9 Å². The van der Waals surface area contributed by atoms with Crippen LogP contribution in [0.25, 0.3) is 0 Å². The molecule has 1 heterocycles. The maximum Gasteiger partial charge on any atom is 0.200 e. The molecular formula is C25H44N2O9. The summed E-state index contributed by atoms with van der Waals surface area (Å²) in [6, 6.07) is 1.80. The van der Waals surface area contributed by atoms with E-state index in [1.54, 1.807) is 33.6 Å². The molecule has 1 fully saturated rings. The molecule has 1 aliphatic rings. The minimum atomic E-state index is -0.524. The Balaban J connectivity index is 1.49. The topological polar surface area (TPSA) is 109 Å². The Morgan fingerprint density at radius 3 is 1.64 bits per heavy atom. The van der Waals surface area contributed by atoms with Gasteiger partial charge in [-0.2, -0.15) is 0 Å². The quantitative estimate of drug-likeness (QED) is 0.158. The number of nitrogens with zero attached hydrogens (tertiary/aromatic N) is 2. The smallest absolute Gasteiger partial charge is 0.200 e. The summed E-state index contributed by atoms with van der Waals surface area (Å²) in [5.74, 6) is 0.681. The molecule has 0 saturated heterocycles. The Morgan fingerprint density at radius 1 is 0.694 bits per heavy atom. The lowest BCUT2D eigenvalue weighted by atomic mass is 10.0. The summed E-state index contributed by atoms with van der Waals surface area (Å²) in [5.41, 5.74) is 0.202. The summed E-state index contributed by atoms with van der Waals surface area (Å²) in [7, 11) is 4.83. The van der Waals surface area contributed by atoms with Gasteiger partial charge in [-0.1, -0.05) is 0 Å². The van der Waals surface area contributed by atoms with E-state index in [2.05, 4.69) is 4.98 Å². The molecule has 11 nitrogen and oxygen atoms in total. The van der Waals surface area contributed by atoms with E-state index >= 15 is 0 Å². The lowest BCUT2D eigenvalue weighted by molar-refractivity contribution is -0.110.